The number of halogens is 1. The highest BCUT2D eigenvalue weighted by Crippen LogP contribution is 2.42. The van der Waals surface area contributed by atoms with Crippen LogP contribution in [0.15, 0.2) is 13.2 Å². The van der Waals surface area contributed by atoms with Gasteiger partial charge in [-0.15, -0.1) is 11.8 Å². The number of carbonyl (C=O) groups is 1. The fraction of sp³-hybridized carbons (Fsp3) is 0.412. The van der Waals surface area contributed by atoms with Crippen LogP contribution in [0, 0.1) is 20.8 Å². The lowest BCUT2D eigenvalue weighted by Crippen LogP contribution is -2.10. The molecule has 0 fully saturated rings. The first-order valence-corrected chi connectivity index (χ1v) is 10.7. The van der Waals surface area contributed by atoms with Crippen molar-refractivity contribution in [3.8, 4) is 16.4 Å². The van der Waals surface area contributed by atoms with E-state index >= 15 is 0 Å². The predicted octanol–water partition coefficient (Wildman–Crippen LogP) is 4.96. The topological polar surface area (TPSA) is 83.0 Å². The van der Waals surface area contributed by atoms with Crippen LogP contribution in [0.5, 0.6) is 0 Å². The van der Waals surface area contributed by atoms with Gasteiger partial charge >= 0.3 is 5.97 Å². The zero-order valence-corrected chi connectivity index (χ0v) is 19.0. The second kappa shape index (κ2) is 7.76. The van der Waals surface area contributed by atoms with E-state index in [0.29, 0.717) is 32.0 Å². The van der Waals surface area contributed by atoms with Gasteiger partial charge in [-0.1, -0.05) is 30.3 Å². The Morgan fingerprint density at radius 3 is 2.56 bits per heavy atom. The van der Waals surface area contributed by atoms with Gasteiger partial charge in [0.2, 0.25) is 5.13 Å². The van der Waals surface area contributed by atoms with Crippen molar-refractivity contribution in [3.05, 3.63) is 27.3 Å². The lowest BCUT2D eigenvalue weighted by atomic mass is 10.1. The molecule has 27 heavy (non-hydrogen) atoms. The van der Waals surface area contributed by atoms with E-state index in [1.807, 2.05) is 20.8 Å². The van der Waals surface area contributed by atoms with Gasteiger partial charge in [-0.25, -0.2) is 9.78 Å². The van der Waals surface area contributed by atoms with Crippen molar-refractivity contribution in [2.45, 2.75) is 44.1 Å². The lowest BCUT2D eigenvalue weighted by Gasteiger charge is -2.03. The summed E-state index contributed by atoms with van der Waals surface area (Å²) in [6.45, 7) is 9.82. The Hall–Kier alpha value is -1.65. The summed E-state index contributed by atoms with van der Waals surface area (Å²) in [5, 5.41) is 9.48. The molecule has 0 aliphatic carbocycles. The Morgan fingerprint density at radius 1 is 1.30 bits per heavy atom. The first kappa shape index (κ1) is 20.1. The summed E-state index contributed by atoms with van der Waals surface area (Å²) in [5.41, 5.74) is 3.45. The summed E-state index contributed by atoms with van der Waals surface area (Å²) in [6.07, 6.45) is 0. The SMILES string of the molecule is COC(=O)c1c(Br)c(C)nn1-c1nc(-c2c(C)noc2C)c(SC(C)C)s1. The van der Waals surface area contributed by atoms with Crippen molar-refractivity contribution in [2.24, 2.45) is 0 Å². The molecule has 7 nitrogen and oxygen atoms in total. The molecular formula is C17H19BrN4O3S2. The van der Waals surface area contributed by atoms with Crippen LogP contribution in [0.25, 0.3) is 16.4 Å². The second-order valence-corrected chi connectivity index (χ2v) is 9.77. The molecule has 0 atom stereocenters. The number of thiazole rings is 1. The minimum absolute atomic E-state index is 0.315. The molecule has 0 aliphatic rings. The molecule has 0 saturated carbocycles. The zero-order chi connectivity index (χ0) is 19.9. The summed E-state index contributed by atoms with van der Waals surface area (Å²) >= 11 is 6.61. The molecule has 3 rings (SSSR count). The van der Waals surface area contributed by atoms with Crippen LogP contribution in [-0.4, -0.2) is 38.3 Å². The van der Waals surface area contributed by atoms with Gasteiger partial charge in [0.05, 0.1) is 32.7 Å². The van der Waals surface area contributed by atoms with Crippen molar-refractivity contribution >= 4 is 45.0 Å². The van der Waals surface area contributed by atoms with Gasteiger partial charge in [0.1, 0.15) is 11.5 Å². The number of nitrogens with zero attached hydrogens (tertiary/aromatic N) is 4. The van der Waals surface area contributed by atoms with E-state index in [9.17, 15) is 4.79 Å². The highest BCUT2D eigenvalue weighted by atomic mass is 79.9. The van der Waals surface area contributed by atoms with Crippen LogP contribution in [0.4, 0.5) is 0 Å². The first-order chi connectivity index (χ1) is 12.7. The van der Waals surface area contributed by atoms with Gasteiger partial charge in [-0.05, 0) is 36.7 Å². The van der Waals surface area contributed by atoms with Gasteiger partial charge in [0.15, 0.2) is 5.69 Å². The summed E-state index contributed by atoms with van der Waals surface area (Å²) in [5.74, 6) is 0.232. The van der Waals surface area contributed by atoms with Crippen molar-refractivity contribution in [1.82, 2.24) is 19.9 Å². The number of rotatable bonds is 5. The van der Waals surface area contributed by atoms with E-state index in [0.717, 1.165) is 21.2 Å². The fourth-order valence-electron chi connectivity index (χ4n) is 2.58. The molecule has 0 aromatic carbocycles. The zero-order valence-electron chi connectivity index (χ0n) is 15.8. The maximum atomic E-state index is 12.3. The molecule has 0 saturated heterocycles. The molecule has 0 aliphatic heterocycles. The summed E-state index contributed by atoms with van der Waals surface area (Å²) in [4.78, 5) is 17.1. The Balaban J connectivity index is 2.22. The van der Waals surface area contributed by atoms with E-state index in [1.54, 1.807) is 11.8 Å². The van der Waals surface area contributed by atoms with Crippen LogP contribution in [0.2, 0.25) is 0 Å². The van der Waals surface area contributed by atoms with Crippen LogP contribution >= 0.6 is 39.0 Å². The highest BCUT2D eigenvalue weighted by Gasteiger charge is 2.27. The number of carbonyl (C=O) groups excluding carboxylic acids is 1. The fourth-order valence-corrected chi connectivity index (χ4v) is 5.43. The summed E-state index contributed by atoms with van der Waals surface area (Å²) in [7, 11) is 1.35. The smallest absolute Gasteiger partial charge is 0.358 e. The second-order valence-electron chi connectivity index (χ2n) is 6.15. The molecule has 10 heteroatoms. The Kier molecular flexibility index (Phi) is 5.78. The van der Waals surface area contributed by atoms with E-state index in [-0.39, 0.29) is 0 Å². The number of aromatic nitrogens is 4. The quantitative estimate of drug-likeness (QED) is 0.384. The maximum absolute atomic E-state index is 12.3. The minimum Gasteiger partial charge on any atom is -0.464 e. The van der Waals surface area contributed by atoms with Crippen LogP contribution in [0.1, 0.15) is 41.5 Å². The van der Waals surface area contributed by atoms with Crippen LogP contribution in [-0.2, 0) is 4.74 Å². The highest BCUT2D eigenvalue weighted by molar-refractivity contribution is 9.10. The largest absolute Gasteiger partial charge is 0.464 e. The average molecular weight is 471 g/mol. The Bertz CT molecular complexity index is 987. The molecule has 3 aromatic heterocycles. The number of ether oxygens (including phenoxy) is 1. The maximum Gasteiger partial charge on any atom is 0.358 e. The molecular weight excluding hydrogens is 452 g/mol. The monoisotopic (exact) mass is 470 g/mol. The average Bonchev–Trinajstić information content (AvgIpc) is 3.24. The third kappa shape index (κ3) is 3.70. The van der Waals surface area contributed by atoms with Crippen LogP contribution in [0.3, 0.4) is 0 Å². The Morgan fingerprint density at radius 2 is 2.00 bits per heavy atom. The summed E-state index contributed by atoms with van der Waals surface area (Å²) < 4.78 is 13.4. The van der Waals surface area contributed by atoms with Gasteiger partial charge in [0.25, 0.3) is 0 Å². The number of hydrogen-bond acceptors (Lipinski definition) is 8. The minimum atomic E-state index is -0.477. The Labute approximate surface area is 173 Å². The van der Waals surface area contributed by atoms with Gasteiger partial charge in [-0.3, -0.25) is 0 Å². The predicted molar refractivity (Wildman–Crippen MR) is 109 cm³/mol. The first-order valence-electron chi connectivity index (χ1n) is 8.19. The van der Waals surface area contributed by atoms with Crippen molar-refractivity contribution in [3.63, 3.8) is 0 Å². The van der Waals surface area contributed by atoms with Gasteiger partial charge < -0.3 is 9.26 Å². The lowest BCUT2D eigenvalue weighted by molar-refractivity contribution is 0.0589. The standard InChI is InChI=1S/C17H19BrN4O3S2/c1-7(2)26-16-13(11-8(3)21-25-10(11)5)19-17(27-16)22-14(15(23)24-6)12(18)9(4)20-22/h7H,1-6H3. The normalized spacial score (nSPS) is 11.4. The molecule has 0 bridgehead atoms. The third-order valence-electron chi connectivity index (χ3n) is 3.74. The number of thioether (sulfide) groups is 1. The number of methoxy groups -OCH3 is 1. The third-order valence-corrected chi connectivity index (χ3v) is 6.94. The van der Waals surface area contributed by atoms with E-state index in [4.69, 9.17) is 14.2 Å². The van der Waals surface area contributed by atoms with Gasteiger partial charge in [-0.2, -0.15) is 9.78 Å². The number of hydrogen-bond donors (Lipinski definition) is 0. The van der Waals surface area contributed by atoms with E-state index in [1.165, 1.54) is 23.1 Å². The molecule has 0 spiro atoms. The molecule has 0 N–H and O–H groups in total. The number of esters is 1. The van der Waals surface area contributed by atoms with Crippen molar-refractivity contribution in [2.75, 3.05) is 7.11 Å². The molecule has 0 amide bonds. The molecule has 3 aromatic rings. The van der Waals surface area contributed by atoms with Gasteiger partial charge in [0, 0.05) is 5.25 Å². The molecule has 144 valence electrons. The van der Waals surface area contributed by atoms with Crippen molar-refractivity contribution in [1.29, 1.82) is 0 Å². The summed E-state index contributed by atoms with van der Waals surface area (Å²) in [6, 6.07) is 0. The van der Waals surface area contributed by atoms with Crippen molar-refractivity contribution < 1.29 is 14.1 Å². The molecule has 3 heterocycles. The van der Waals surface area contributed by atoms with Crippen LogP contribution < -0.4 is 0 Å². The molecule has 0 unspecified atom stereocenters. The van der Waals surface area contributed by atoms with E-state index in [2.05, 4.69) is 40.0 Å². The van der Waals surface area contributed by atoms with E-state index < -0.39 is 5.97 Å². The number of aryl methyl sites for hydroxylation is 3. The molecule has 0 radical (unpaired) electrons.